The molecule has 1 fully saturated rings. The summed E-state index contributed by atoms with van der Waals surface area (Å²) >= 11 is 0. The van der Waals surface area contributed by atoms with Gasteiger partial charge in [0, 0.05) is 31.4 Å². The average Bonchev–Trinajstić information content (AvgIpc) is 2.93. The Bertz CT molecular complexity index is 428. The molecule has 0 radical (unpaired) electrons. The Morgan fingerprint density at radius 2 is 1.80 bits per heavy atom. The number of nitrogens with zero attached hydrogens (tertiary/aromatic N) is 1. The first-order valence-corrected chi connectivity index (χ1v) is 7.40. The molecule has 1 N–H and O–H groups in total. The van der Waals surface area contributed by atoms with Crippen LogP contribution >= 0.6 is 0 Å². The van der Waals surface area contributed by atoms with E-state index in [1.54, 1.807) is 14.2 Å². The van der Waals surface area contributed by atoms with Gasteiger partial charge in [0.2, 0.25) is 0 Å². The van der Waals surface area contributed by atoms with E-state index >= 15 is 0 Å². The highest BCUT2D eigenvalue weighted by Gasteiger charge is 2.31. The van der Waals surface area contributed by atoms with Crippen molar-refractivity contribution in [3.05, 3.63) is 23.8 Å². The van der Waals surface area contributed by atoms with E-state index < -0.39 is 0 Å². The zero-order chi connectivity index (χ0) is 14.4. The molecule has 1 aromatic rings. The van der Waals surface area contributed by atoms with Gasteiger partial charge in [0.05, 0.1) is 33.9 Å². The first-order chi connectivity index (χ1) is 9.73. The van der Waals surface area contributed by atoms with Crippen molar-refractivity contribution in [1.29, 1.82) is 0 Å². The van der Waals surface area contributed by atoms with Crippen molar-refractivity contribution >= 4 is 0 Å². The summed E-state index contributed by atoms with van der Waals surface area (Å²) in [6, 6.07) is 6.18. The first-order valence-electron chi connectivity index (χ1n) is 7.40. The summed E-state index contributed by atoms with van der Waals surface area (Å²) in [6.45, 7) is 4.79. The molecule has 0 amide bonds. The maximum atomic E-state index is 9.11. The number of aliphatic hydroxyl groups is 1. The minimum atomic E-state index is 0.284. The lowest BCUT2D eigenvalue weighted by molar-refractivity contribution is -0.930. The molecule has 0 bridgehead atoms. The highest BCUT2D eigenvalue weighted by molar-refractivity contribution is 5.42. The third-order valence-corrected chi connectivity index (χ3v) is 4.27. The summed E-state index contributed by atoms with van der Waals surface area (Å²) in [5, 5.41) is 9.11. The predicted octanol–water partition coefficient (Wildman–Crippen LogP) is 2.20. The van der Waals surface area contributed by atoms with E-state index in [1.807, 2.05) is 6.07 Å². The van der Waals surface area contributed by atoms with Crippen LogP contribution in [0.15, 0.2) is 18.2 Å². The van der Waals surface area contributed by atoms with Gasteiger partial charge in [-0.15, -0.1) is 0 Å². The van der Waals surface area contributed by atoms with E-state index in [9.17, 15) is 0 Å². The second kappa shape index (κ2) is 6.95. The number of aliphatic hydroxyl groups excluding tert-OH is 1. The molecule has 112 valence electrons. The standard InChI is InChI=1S/C16H26NO3/c1-19-15-7-6-14(12-16(15)20-2)13-17(10-5-11-18)8-3-4-9-17/h6-7,12,18H,3-5,8-11,13H2,1-2H3/q+1. The Morgan fingerprint density at radius 1 is 1.10 bits per heavy atom. The molecular formula is C16H26NO3+. The monoisotopic (exact) mass is 280 g/mol. The van der Waals surface area contributed by atoms with Crippen molar-refractivity contribution in [2.75, 3.05) is 40.5 Å². The predicted molar refractivity (Wildman–Crippen MR) is 79.0 cm³/mol. The number of benzene rings is 1. The SMILES string of the molecule is COc1ccc(C[N+]2(CCCO)CCCC2)cc1OC. The van der Waals surface area contributed by atoms with Crippen LogP contribution in [-0.2, 0) is 6.54 Å². The highest BCUT2D eigenvalue weighted by Crippen LogP contribution is 2.30. The van der Waals surface area contributed by atoms with Gasteiger partial charge in [-0.2, -0.15) is 0 Å². The van der Waals surface area contributed by atoms with Crippen LogP contribution in [-0.4, -0.2) is 50.1 Å². The fourth-order valence-corrected chi connectivity index (χ4v) is 3.24. The van der Waals surface area contributed by atoms with E-state index in [1.165, 1.54) is 31.5 Å². The maximum Gasteiger partial charge on any atom is 0.161 e. The maximum absolute atomic E-state index is 9.11. The van der Waals surface area contributed by atoms with Gasteiger partial charge in [0.15, 0.2) is 11.5 Å². The Hall–Kier alpha value is -1.26. The van der Waals surface area contributed by atoms with Gasteiger partial charge >= 0.3 is 0 Å². The fraction of sp³-hybridized carbons (Fsp3) is 0.625. The number of hydrogen-bond acceptors (Lipinski definition) is 3. The van der Waals surface area contributed by atoms with Crippen molar-refractivity contribution in [1.82, 2.24) is 0 Å². The quantitative estimate of drug-likeness (QED) is 0.778. The molecule has 20 heavy (non-hydrogen) atoms. The lowest BCUT2D eigenvalue weighted by Crippen LogP contribution is -2.45. The summed E-state index contributed by atoms with van der Waals surface area (Å²) in [5.41, 5.74) is 1.28. The topological polar surface area (TPSA) is 38.7 Å². The second-order valence-electron chi connectivity index (χ2n) is 5.64. The van der Waals surface area contributed by atoms with Crippen molar-refractivity contribution in [2.24, 2.45) is 0 Å². The zero-order valence-electron chi connectivity index (χ0n) is 12.6. The zero-order valence-corrected chi connectivity index (χ0v) is 12.6. The molecule has 1 aliphatic heterocycles. The van der Waals surface area contributed by atoms with E-state index in [2.05, 4.69) is 12.1 Å². The number of quaternary nitrogens is 1. The summed E-state index contributed by atoms with van der Waals surface area (Å²) in [7, 11) is 3.33. The van der Waals surface area contributed by atoms with Crippen molar-refractivity contribution < 1.29 is 19.1 Å². The van der Waals surface area contributed by atoms with Crippen LogP contribution in [0.5, 0.6) is 11.5 Å². The molecule has 4 nitrogen and oxygen atoms in total. The van der Waals surface area contributed by atoms with Gasteiger partial charge < -0.3 is 19.1 Å². The normalized spacial score (nSPS) is 17.1. The molecule has 1 saturated heterocycles. The summed E-state index contributed by atoms with van der Waals surface area (Å²) in [5.74, 6) is 1.57. The molecule has 0 spiro atoms. The Balaban J connectivity index is 2.14. The Labute approximate surface area is 121 Å². The van der Waals surface area contributed by atoms with Crippen LogP contribution in [0.4, 0.5) is 0 Å². The summed E-state index contributed by atoms with van der Waals surface area (Å²) < 4.78 is 11.8. The molecular weight excluding hydrogens is 254 g/mol. The van der Waals surface area contributed by atoms with Gasteiger partial charge in [-0.3, -0.25) is 0 Å². The van der Waals surface area contributed by atoms with E-state index in [0.717, 1.165) is 35.5 Å². The van der Waals surface area contributed by atoms with Crippen molar-refractivity contribution in [3.63, 3.8) is 0 Å². The van der Waals surface area contributed by atoms with E-state index in [0.29, 0.717) is 0 Å². The summed E-state index contributed by atoms with van der Waals surface area (Å²) in [6.07, 6.45) is 3.46. The van der Waals surface area contributed by atoms with Crippen LogP contribution < -0.4 is 9.47 Å². The summed E-state index contributed by atoms with van der Waals surface area (Å²) in [4.78, 5) is 0. The fourth-order valence-electron chi connectivity index (χ4n) is 3.24. The second-order valence-corrected chi connectivity index (χ2v) is 5.64. The minimum absolute atomic E-state index is 0.284. The molecule has 0 aliphatic carbocycles. The number of rotatable bonds is 7. The number of ether oxygens (including phenoxy) is 2. The lowest BCUT2D eigenvalue weighted by Gasteiger charge is -2.34. The van der Waals surface area contributed by atoms with Crippen molar-refractivity contribution in [3.8, 4) is 11.5 Å². The molecule has 4 heteroatoms. The smallest absolute Gasteiger partial charge is 0.161 e. The molecule has 1 aliphatic rings. The molecule has 0 aromatic heterocycles. The molecule has 0 atom stereocenters. The number of methoxy groups -OCH3 is 2. The van der Waals surface area contributed by atoms with Crippen LogP contribution in [0, 0.1) is 0 Å². The lowest BCUT2D eigenvalue weighted by atomic mass is 10.1. The van der Waals surface area contributed by atoms with Gasteiger partial charge in [-0.05, 0) is 18.2 Å². The molecule has 2 rings (SSSR count). The van der Waals surface area contributed by atoms with Gasteiger partial charge in [-0.25, -0.2) is 0 Å². The van der Waals surface area contributed by atoms with Crippen molar-refractivity contribution in [2.45, 2.75) is 25.8 Å². The van der Waals surface area contributed by atoms with Gasteiger partial charge in [-0.1, -0.05) is 0 Å². The largest absolute Gasteiger partial charge is 0.493 e. The van der Waals surface area contributed by atoms with Crippen LogP contribution in [0.2, 0.25) is 0 Å². The molecule has 1 aromatic carbocycles. The first kappa shape index (κ1) is 15.1. The van der Waals surface area contributed by atoms with Crippen LogP contribution in [0.25, 0.3) is 0 Å². The van der Waals surface area contributed by atoms with Crippen LogP contribution in [0.1, 0.15) is 24.8 Å². The van der Waals surface area contributed by atoms with Gasteiger partial charge in [0.25, 0.3) is 0 Å². The number of likely N-dealkylation sites (tertiary alicyclic amines) is 1. The van der Waals surface area contributed by atoms with Crippen LogP contribution in [0.3, 0.4) is 0 Å². The van der Waals surface area contributed by atoms with Gasteiger partial charge in [0.1, 0.15) is 6.54 Å². The average molecular weight is 280 g/mol. The molecule has 0 unspecified atom stereocenters. The molecule has 0 saturated carbocycles. The Morgan fingerprint density at radius 3 is 2.40 bits per heavy atom. The highest BCUT2D eigenvalue weighted by atomic mass is 16.5. The number of hydrogen-bond donors (Lipinski definition) is 1. The third kappa shape index (κ3) is 3.44. The van der Waals surface area contributed by atoms with E-state index in [4.69, 9.17) is 14.6 Å². The minimum Gasteiger partial charge on any atom is -0.493 e. The van der Waals surface area contributed by atoms with E-state index in [-0.39, 0.29) is 6.61 Å². The molecule has 1 heterocycles. The Kier molecular flexibility index (Phi) is 5.26. The third-order valence-electron chi connectivity index (χ3n) is 4.27.